The van der Waals surface area contributed by atoms with E-state index in [1.54, 1.807) is 11.3 Å². The van der Waals surface area contributed by atoms with Crippen molar-refractivity contribution in [1.29, 1.82) is 0 Å². The Hall–Kier alpha value is -2.12. The number of nitrogens with one attached hydrogen (secondary N) is 2. The van der Waals surface area contributed by atoms with Gasteiger partial charge in [-0.25, -0.2) is 4.98 Å². The Morgan fingerprint density at radius 2 is 2.04 bits per heavy atom. The van der Waals surface area contributed by atoms with E-state index >= 15 is 0 Å². The molecule has 0 radical (unpaired) electrons. The number of carbonyl (C=O) groups excluding carboxylic acids is 1. The Morgan fingerprint density at radius 1 is 1.24 bits per heavy atom. The van der Waals surface area contributed by atoms with Crippen molar-refractivity contribution in [3.63, 3.8) is 0 Å². The van der Waals surface area contributed by atoms with Gasteiger partial charge in [-0.3, -0.25) is 9.59 Å². The van der Waals surface area contributed by atoms with E-state index in [9.17, 15) is 9.59 Å². The second-order valence-electron chi connectivity index (χ2n) is 5.97. The van der Waals surface area contributed by atoms with Crippen molar-refractivity contribution in [3.8, 4) is 0 Å². The molecule has 7 heteroatoms. The molecule has 0 fully saturated rings. The van der Waals surface area contributed by atoms with Crippen LogP contribution in [-0.2, 0) is 17.6 Å². The molecular weight excluding hydrogens is 354 g/mol. The van der Waals surface area contributed by atoms with Crippen LogP contribution < -0.4 is 10.9 Å². The Morgan fingerprint density at radius 3 is 2.88 bits per heavy atom. The molecule has 0 saturated heterocycles. The summed E-state index contributed by atoms with van der Waals surface area (Å²) in [6.07, 6.45) is 4.32. The summed E-state index contributed by atoms with van der Waals surface area (Å²) < 4.78 is 0. The highest BCUT2D eigenvalue weighted by Crippen LogP contribution is 2.34. The normalized spacial score (nSPS) is 13.6. The number of aromatic nitrogens is 2. The average molecular weight is 371 g/mol. The smallest absolute Gasteiger partial charge is 0.260 e. The van der Waals surface area contributed by atoms with Gasteiger partial charge in [0.05, 0.1) is 11.1 Å². The standard InChI is InChI=1S/C18H17N3O2S2/c22-14(19-11-6-2-1-3-7-11)10-24-18-20-16(23)15-12-8-4-5-9-13(12)25-17(15)21-18/h1-3,6-7H,4-5,8-10H2,(H,19,22)(H,20,21,23). The minimum Gasteiger partial charge on any atom is -0.325 e. The lowest BCUT2D eigenvalue weighted by molar-refractivity contribution is -0.113. The maximum absolute atomic E-state index is 12.5. The number of hydrogen-bond donors (Lipinski definition) is 2. The van der Waals surface area contributed by atoms with E-state index in [1.807, 2.05) is 30.3 Å². The van der Waals surface area contributed by atoms with E-state index < -0.39 is 0 Å². The molecule has 1 aromatic carbocycles. The highest BCUT2D eigenvalue weighted by atomic mass is 32.2. The molecule has 1 amide bonds. The van der Waals surface area contributed by atoms with Gasteiger partial charge in [-0.2, -0.15) is 0 Å². The number of aromatic amines is 1. The van der Waals surface area contributed by atoms with Crippen molar-refractivity contribution in [1.82, 2.24) is 9.97 Å². The van der Waals surface area contributed by atoms with Crippen LogP contribution in [0.5, 0.6) is 0 Å². The number of amides is 1. The number of aryl methyl sites for hydroxylation is 2. The summed E-state index contributed by atoms with van der Waals surface area (Å²) in [5.74, 6) is 0.0819. The number of carbonyl (C=O) groups is 1. The number of anilines is 1. The molecule has 0 saturated carbocycles. The van der Waals surface area contributed by atoms with E-state index in [2.05, 4.69) is 15.3 Å². The minimum atomic E-state index is -0.121. The summed E-state index contributed by atoms with van der Waals surface area (Å²) in [6.45, 7) is 0. The summed E-state index contributed by atoms with van der Waals surface area (Å²) in [7, 11) is 0. The van der Waals surface area contributed by atoms with E-state index in [1.165, 1.54) is 28.6 Å². The number of hydrogen-bond acceptors (Lipinski definition) is 5. The molecule has 2 heterocycles. The van der Waals surface area contributed by atoms with Gasteiger partial charge in [-0.1, -0.05) is 30.0 Å². The van der Waals surface area contributed by atoms with Crippen molar-refractivity contribution in [2.45, 2.75) is 30.8 Å². The molecule has 128 valence electrons. The van der Waals surface area contributed by atoms with Gasteiger partial charge >= 0.3 is 0 Å². The summed E-state index contributed by atoms with van der Waals surface area (Å²) in [5, 5.41) is 4.07. The van der Waals surface area contributed by atoms with Crippen LogP contribution in [0.4, 0.5) is 5.69 Å². The molecular formula is C18H17N3O2S2. The highest BCUT2D eigenvalue weighted by molar-refractivity contribution is 7.99. The summed E-state index contributed by atoms with van der Waals surface area (Å²) in [5.41, 5.74) is 1.85. The van der Waals surface area contributed by atoms with Gasteiger partial charge < -0.3 is 10.3 Å². The first kappa shape index (κ1) is 16.4. The lowest BCUT2D eigenvalue weighted by Gasteiger charge is -2.09. The zero-order valence-corrected chi connectivity index (χ0v) is 15.1. The van der Waals surface area contributed by atoms with Crippen LogP contribution in [0.1, 0.15) is 23.3 Å². The first-order valence-corrected chi connectivity index (χ1v) is 10.0. The Labute approximate surface area is 152 Å². The lowest BCUT2D eigenvalue weighted by atomic mass is 9.97. The molecule has 0 bridgehead atoms. The first-order valence-electron chi connectivity index (χ1n) is 8.23. The first-order chi connectivity index (χ1) is 12.2. The predicted octanol–water partition coefficient (Wildman–Crippen LogP) is 3.59. The SMILES string of the molecule is O=C(CSc1nc2sc3c(c2c(=O)[nH]1)CCCC3)Nc1ccccc1. The second kappa shape index (κ2) is 7.01. The molecule has 0 atom stereocenters. The third kappa shape index (κ3) is 3.48. The van der Waals surface area contributed by atoms with Gasteiger partial charge in [0.2, 0.25) is 5.91 Å². The van der Waals surface area contributed by atoms with E-state index in [0.29, 0.717) is 5.16 Å². The van der Waals surface area contributed by atoms with E-state index in [0.717, 1.165) is 35.2 Å². The molecule has 1 aliphatic rings. The Balaban J connectivity index is 1.50. The number of nitrogens with zero attached hydrogens (tertiary/aromatic N) is 1. The van der Waals surface area contributed by atoms with Gasteiger partial charge in [-0.15, -0.1) is 11.3 Å². The Kier molecular flexibility index (Phi) is 4.59. The number of H-pyrrole nitrogens is 1. The van der Waals surface area contributed by atoms with E-state index in [4.69, 9.17) is 0 Å². The maximum atomic E-state index is 12.5. The van der Waals surface area contributed by atoms with Crippen LogP contribution in [0.2, 0.25) is 0 Å². The quantitative estimate of drug-likeness (QED) is 0.543. The molecule has 2 N–H and O–H groups in total. The molecule has 5 nitrogen and oxygen atoms in total. The Bertz CT molecular complexity index is 979. The van der Waals surface area contributed by atoms with Gasteiger partial charge in [0.15, 0.2) is 5.16 Å². The van der Waals surface area contributed by atoms with Crippen LogP contribution in [0.25, 0.3) is 10.2 Å². The van der Waals surface area contributed by atoms with Gasteiger partial charge in [0.1, 0.15) is 4.83 Å². The van der Waals surface area contributed by atoms with Crippen molar-refractivity contribution < 1.29 is 4.79 Å². The van der Waals surface area contributed by atoms with E-state index in [-0.39, 0.29) is 17.2 Å². The number of rotatable bonds is 4. The average Bonchev–Trinajstić information content (AvgIpc) is 2.99. The van der Waals surface area contributed by atoms with Crippen molar-refractivity contribution in [2.24, 2.45) is 0 Å². The predicted molar refractivity (Wildman–Crippen MR) is 103 cm³/mol. The number of fused-ring (bicyclic) bond motifs is 3. The van der Waals surface area contributed by atoms with Gasteiger partial charge in [0.25, 0.3) is 5.56 Å². The van der Waals surface area contributed by atoms with Crippen LogP contribution in [0.3, 0.4) is 0 Å². The fraction of sp³-hybridized carbons (Fsp3) is 0.278. The summed E-state index contributed by atoms with van der Waals surface area (Å²) >= 11 is 2.87. The fourth-order valence-electron chi connectivity index (χ4n) is 3.07. The van der Waals surface area contributed by atoms with Crippen LogP contribution in [0.15, 0.2) is 40.3 Å². The molecule has 0 aliphatic heterocycles. The number of thioether (sulfide) groups is 1. The third-order valence-corrected chi connectivity index (χ3v) is 6.26. The third-order valence-electron chi connectivity index (χ3n) is 4.20. The van der Waals surface area contributed by atoms with Crippen molar-refractivity contribution >= 4 is 44.9 Å². The van der Waals surface area contributed by atoms with Crippen molar-refractivity contribution in [2.75, 3.05) is 11.1 Å². The molecule has 3 aromatic rings. The monoisotopic (exact) mass is 371 g/mol. The zero-order chi connectivity index (χ0) is 17.2. The number of benzene rings is 1. The zero-order valence-electron chi connectivity index (χ0n) is 13.5. The molecule has 25 heavy (non-hydrogen) atoms. The lowest BCUT2D eigenvalue weighted by Crippen LogP contribution is -2.15. The van der Waals surface area contributed by atoms with Crippen LogP contribution in [-0.4, -0.2) is 21.6 Å². The topological polar surface area (TPSA) is 74.8 Å². The highest BCUT2D eigenvalue weighted by Gasteiger charge is 2.20. The van der Waals surface area contributed by atoms with Gasteiger partial charge in [-0.05, 0) is 43.4 Å². The maximum Gasteiger partial charge on any atom is 0.260 e. The molecule has 0 unspecified atom stereocenters. The van der Waals surface area contributed by atoms with Crippen molar-refractivity contribution in [3.05, 3.63) is 51.1 Å². The molecule has 2 aromatic heterocycles. The molecule has 4 rings (SSSR count). The minimum absolute atomic E-state index is 0.0876. The molecule has 1 aliphatic carbocycles. The number of thiophene rings is 1. The summed E-state index contributed by atoms with van der Waals surface area (Å²) in [6, 6.07) is 9.31. The van der Waals surface area contributed by atoms with Gasteiger partial charge in [0, 0.05) is 10.6 Å². The second-order valence-corrected chi connectivity index (χ2v) is 8.01. The van der Waals surface area contributed by atoms with Crippen LogP contribution >= 0.6 is 23.1 Å². The fourth-order valence-corrected chi connectivity index (χ4v) is 5.05. The largest absolute Gasteiger partial charge is 0.325 e. The van der Waals surface area contributed by atoms with Crippen LogP contribution in [0, 0.1) is 0 Å². The number of para-hydroxylation sites is 1. The molecule has 0 spiro atoms. The summed E-state index contributed by atoms with van der Waals surface area (Å²) in [4.78, 5) is 34.0.